The van der Waals surface area contributed by atoms with Crippen LogP contribution in [0.15, 0.2) is 24.3 Å². The average Bonchev–Trinajstić information content (AvgIpc) is 2.32. The van der Waals surface area contributed by atoms with E-state index in [1.54, 1.807) is 0 Å². The predicted octanol–water partition coefficient (Wildman–Crippen LogP) is 1.10. The van der Waals surface area contributed by atoms with Gasteiger partial charge in [-0.1, -0.05) is 12.1 Å². The summed E-state index contributed by atoms with van der Waals surface area (Å²) in [6.07, 6.45) is 0.501. The molecule has 0 bridgehead atoms. The molecule has 0 saturated heterocycles. The highest BCUT2D eigenvalue weighted by molar-refractivity contribution is 5.75. The molecular formula is C13H20N2O2. The second-order valence-corrected chi connectivity index (χ2v) is 3.87. The van der Waals surface area contributed by atoms with Gasteiger partial charge in [-0.15, -0.1) is 0 Å². The maximum absolute atomic E-state index is 11.3. The standard InChI is InChI=1S/C13H20N2O2/c1-11-4-3-5-12(10-11)17-9-8-15-13(16)6-7-14-2/h3-5,10,14H,6-9H2,1-2H3,(H,15,16). The lowest BCUT2D eigenvalue weighted by Gasteiger charge is -2.08. The van der Waals surface area contributed by atoms with Crippen molar-refractivity contribution in [2.45, 2.75) is 13.3 Å². The Morgan fingerprint density at radius 1 is 1.35 bits per heavy atom. The van der Waals surface area contributed by atoms with E-state index in [4.69, 9.17) is 4.74 Å². The summed E-state index contributed by atoms with van der Waals surface area (Å²) in [5.41, 5.74) is 1.17. The number of ether oxygens (including phenoxy) is 1. The molecule has 0 aliphatic heterocycles. The summed E-state index contributed by atoms with van der Waals surface area (Å²) in [4.78, 5) is 11.3. The van der Waals surface area contributed by atoms with Gasteiger partial charge in [0.05, 0.1) is 6.54 Å². The van der Waals surface area contributed by atoms with Crippen LogP contribution in [0.5, 0.6) is 5.75 Å². The SMILES string of the molecule is CNCCC(=O)NCCOc1cccc(C)c1. The van der Waals surface area contributed by atoms with E-state index in [2.05, 4.69) is 10.6 Å². The van der Waals surface area contributed by atoms with Crippen LogP contribution in [0.3, 0.4) is 0 Å². The Hall–Kier alpha value is -1.55. The Bertz CT molecular complexity index is 353. The number of hydrogen-bond acceptors (Lipinski definition) is 3. The van der Waals surface area contributed by atoms with E-state index in [9.17, 15) is 4.79 Å². The van der Waals surface area contributed by atoms with Crippen molar-refractivity contribution in [2.75, 3.05) is 26.7 Å². The number of hydrogen-bond donors (Lipinski definition) is 2. The van der Waals surface area contributed by atoms with Gasteiger partial charge in [-0.3, -0.25) is 4.79 Å². The normalized spacial score (nSPS) is 10.0. The summed E-state index contributed by atoms with van der Waals surface area (Å²) < 4.78 is 5.51. The maximum atomic E-state index is 11.3. The Morgan fingerprint density at radius 3 is 2.88 bits per heavy atom. The van der Waals surface area contributed by atoms with E-state index in [0.29, 0.717) is 26.1 Å². The Morgan fingerprint density at radius 2 is 2.18 bits per heavy atom. The summed E-state index contributed by atoms with van der Waals surface area (Å²) in [5, 5.41) is 5.73. The molecular weight excluding hydrogens is 216 g/mol. The monoisotopic (exact) mass is 236 g/mol. The van der Waals surface area contributed by atoms with Crippen molar-refractivity contribution in [1.29, 1.82) is 0 Å². The maximum Gasteiger partial charge on any atom is 0.221 e. The molecule has 0 atom stereocenters. The highest BCUT2D eigenvalue weighted by atomic mass is 16.5. The number of rotatable bonds is 7. The van der Waals surface area contributed by atoms with Crippen molar-refractivity contribution < 1.29 is 9.53 Å². The Balaban J connectivity index is 2.14. The van der Waals surface area contributed by atoms with Crippen LogP contribution in [0.4, 0.5) is 0 Å². The van der Waals surface area contributed by atoms with Gasteiger partial charge in [0.2, 0.25) is 5.91 Å². The van der Waals surface area contributed by atoms with Crippen LogP contribution in [0.1, 0.15) is 12.0 Å². The average molecular weight is 236 g/mol. The molecule has 0 radical (unpaired) electrons. The minimum atomic E-state index is 0.0483. The van der Waals surface area contributed by atoms with E-state index in [1.165, 1.54) is 5.56 Å². The van der Waals surface area contributed by atoms with Gasteiger partial charge >= 0.3 is 0 Å². The van der Waals surface area contributed by atoms with Crippen LogP contribution in [0.2, 0.25) is 0 Å². The summed E-state index contributed by atoms with van der Waals surface area (Å²) in [6.45, 7) is 3.75. The van der Waals surface area contributed by atoms with Crippen molar-refractivity contribution in [3.63, 3.8) is 0 Å². The number of nitrogens with one attached hydrogen (secondary N) is 2. The van der Waals surface area contributed by atoms with E-state index in [0.717, 1.165) is 5.75 Å². The van der Waals surface area contributed by atoms with Gasteiger partial charge in [0.1, 0.15) is 12.4 Å². The van der Waals surface area contributed by atoms with Crippen molar-refractivity contribution in [1.82, 2.24) is 10.6 Å². The molecule has 0 aliphatic rings. The van der Waals surface area contributed by atoms with Gasteiger partial charge in [0, 0.05) is 13.0 Å². The van der Waals surface area contributed by atoms with Crippen molar-refractivity contribution in [3.8, 4) is 5.75 Å². The highest BCUT2D eigenvalue weighted by Crippen LogP contribution is 2.11. The van der Waals surface area contributed by atoms with E-state index in [-0.39, 0.29) is 5.91 Å². The second kappa shape index (κ2) is 7.68. The molecule has 17 heavy (non-hydrogen) atoms. The first kappa shape index (κ1) is 13.5. The molecule has 0 fully saturated rings. The largest absolute Gasteiger partial charge is 0.492 e. The minimum Gasteiger partial charge on any atom is -0.492 e. The molecule has 0 heterocycles. The van der Waals surface area contributed by atoms with Gasteiger partial charge in [0.15, 0.2) is 0 Å². The van der Waals surface area contributed by atoms with Gasteiger partial charge in [-0.2, -0.15) is 0 Å². The first-order valence-electron chi connectivity index (χ1n) is 5.83. The number of carbonyl (C=O) groups is 1. The number of benzene rings is 1. The molecule has 0 unspecified atom stereocenters. The highest BCUT2D eigenvalue weighted by Gasteiger charge is 1.99. The van der Waals surface area contributed by atoms with E-state index >= 15 is 0 Å². The molecule has 2 N–H and O–H groups in total. The van der Waals surface area contributed by atoms with Crippen molar-refractivity contribution in [2.24, 2.45) is 0 Å². The third-order valence-electron chi connectivity index (χ3n) is 2.28. The summed E-state index contributed by atoms with van der Waals surface area (Å²) in [6, 6.07) is 7.86. The zero-order valence-corrected chi connectivity index (χ0v) is 10.5. The fraction of sp³-hybridized carbons (Fsp3) is 0.462. The Kier molecular flexibility index (Phi) is 6.10. The van der Waals surface area contributed by atoms with Crippen LogP contribution in [0, 0.1) is 6.92 Å². The summed E-state index contributed by atoms with van der Waals surface area (Å²) >= 11 is 0. The van der Waals surface area contributed by atoms with Gasteiger partial charge in [0.25, 0.3) is 0 Å². The fourth-order valence-electron chi connectivity index (χ4n) is 1.39. The summed E-state index contributed by atoms with van der Waals surface area (Å²) in [5.74, 6) is 0.890. The topological polar surface area (TPSA) is 50.4 Å². The molecule has 1 aromatic rings. The van der Waals surface area contributed by atoms with Gasteiger partial charge < -0.3 is 15.4 Å². The molecule has 0 aromatic heterocycles. The third kappa shape index (κ3) is 5.92. The zero-order valence-electron chi connectivity index (χ0n) is 10.5. The quantitative estimate of drug-likeness (QED) is 0.697. The molecule has 1 aromatic carbocycles. The van der Waals surface area contributed by atoms with Crippen LogP contribution >= 0.6 is 0 Å². The van der Waals surface area contributed by atoms with Gasteiger partial charge in [-0.25, -0.2) is 0 Å². The number of amides is 1. The molecule has 0 spiro atoms. The predicted molar refractivity (Wildman–Crippen MR) is 68.2 cm³/mol. The molecule has 0 saturated carbocycles. The van der Waals surface area contributed by atoms with Crippen molar-refractivity contribution in [3.05, 3.63) is 29.8 Å². The molecule has 4 heteroatoms. The number of aryl methyl sites for hydroxylation is 1. The van der Waals surface area contributed by atoms with Crippen LogP contribution < -0.4 is 15.4 Å². The lowest BCUT2D eigenvalue weighted by molar-refractivity contribution is -0.121. The molecule has 4 nitrogen and oxygen atoms in total. The van der Waals surface area contributed by atoms with Gasteiger partial charge in [-0.05, 0) is 31.7 Å². The first-order chi connectivity index (χ1) is 8.22. The first-order valence-corrected chi connectivity index (χ1v) is 5.83. The van der Waals surface area contributed by atoms with Crippen LogP contribution in [-0.2, 0) is 4.79 Å². The van der Waals surface area contributed by atoms with Crippen LogP contribution in [0.25, 0.3) is 0 Å². The molecule has 94 valence electrons. The third-order valence-corrected chi connectivity index (χ3v) is 2.28. The summed E-state index contributed by atoms with van der Waals surface area (Å²) in [7, 11) is 1.83. The molecule has 1 rings (SSSR count). The zero-order chi connectivity index (χ0) is 12.5. The lowest BCUT2D eigenvalue weighted by Crippen LogP contribution is -2.30. The fourth-order valence-corrected chi connectivity index (χ4v) is 1.39. The van der Waals surface area contributed by atoms with E-state index in [1.807, 2.05) is 38.2 Å². The van der Waals surface area contributed by atoms with E-state index < -0.39 is 0 Å². The number of carbonyl (C=O) groups excluding carboxylic acids is 1. The Labute approximate surface area is 102 Å². The second-order valence-electron chi connectivity index (χ2n) is 3.87. The minimum absolute atomic E-state index is 0.0483. The smallest absolute Gasteiger partial charge is 0.221 e. The lowest BCUT2D eigenvalue weighted by atomic mass is 10.2. The van der Waals surface area contributed by atoms with Crippen LogP contribution in [-0.4, -0.2) is 32.7 Å². The van der Waals surface area contributed by atoms with Crippen molar-refractivity contribution >= 4 is 5.91 Å². The molecule has 0 aliphatic carbocycles. The molecule has 1 amide bonds.